The Morgan fingerprint density at radius 1 is 1.23 bits per heavy atom. The van der Waals surface area contributed by atoms with Crippen LogP contribution in [-0.4, -0.2) is 19.3 Å². The number of para-hydroxylation sites is 1. The fourth-order valence-corrected chi connectivity index (χ4v) is 4.05. The summed E-state index contributed by atoms with van der Waals surface area (Å²) in [4.78, 5) is 0.112. The summed E-state index contributed by atoms with van der Waals surface area (Å²) in [6, 6.07) is 12.2. The smallest absolute Gasteiger partial charge is 0.247 e. The first-order valence-corrected chi connectivity index (χ1v) is 8.74. The summed E-state index contributed by atoms with van der Waals surface area (Å²) >= 11 is 3.34. The van der Waals surface area contributed by atoms with Crippen LogP contribution in [0.15, 0.2) is 51.8 Å². The molecule has 0 atom stereocenters. The summed E-state index contributed by atoms with van der Waals surface area (Å²) in [7, 11) is -3.72. The minimum Gasteiger partial charge on any atom is -0.456 e. The number of ether oxygens (including phenoxy) is 1. The van der Waals surface area contributed by atoms with E-state index in [2.05, 4.69) is 21.9 Å². The highest BCUT2D eigenvalue weighted by atomic mass is 79.9. The number of hydrogen-bond donors (Lipinski definition) is 0. The Morgan fingerprint density at radius 2 is 2.00 bits per heavy atom. The maximum absolute atomic E-state index is 12.8. The molecule has 0 unspecified atom stereocenters. The molecular weight excluding hydrogens is 366 g/mol. The zero-order valence-corrected chi connectivity index (χ0v) is 13.9. The molecule has 0 saturated carbocycles. The second-order valence-electron chi connectivity index (χ2n) is 4.78. The molecule has 6 heteroatoms. The molecule has 22 heavy (non-hydrogen) atoms. The first-order valence-electron chi connectivity index (χ1n) is 6.51. The molecule has 2 aromatic carbocycles. The van der Waals surface area contributed by atoms with Crippen LogP contribution >= 0.6 is 15.9 Å². The van der Waals surface area contributed by atoms with E-state index < -0.39 is 10.0 Å². The number of benzene rings is 2. The van der Waals surface area contributed by atoms with Crippen LogP contribution in [-0.2, 0) is 16.6 Å². The van der Waals surface area contributed by atoms with Gasteiger partial charge >= 0.3 is 0 Å². The van der Waals surface area contributed by atoms with Gasteiger partial charge in [0, 0.05) is 16.6 Å². The van der Waals surface area contributed by atoms with Gasteiger partial charge < -0.3 is 4.74 Å². The van der Waals surface area contributed by atoms with Crippen LogP contribution in [0.5, 0.6) is 11.5 Å². The van der Waals surface area contributed by atoms with Gasteiger partial charge in [-0.1, -0.05) is 40.0 Å². The topological polar surface area (TPSA) is 46.6 Å². The van der Waals surface area contributed by atoms with Crippen molar-refractivity contribution in [1.82, 2.24) is 4.31 Å². The lowest BCUT2D eigenvalue weighted by Gasteiger charge is -2.26. The van der Waals surface area contributed by atoms with Gasteiger partial charge in [0.2, 0.25) is 10.0 Å². The van der Waals surface area contributed by atoms with Crippen LogP contribution in [0.4, 0.5) is 0 Å². The average Bonchev–Trinajstić information content (AvgIpc) is 2.47. The van der Waals surface area contributed by atoms with Crippen LogP contribution in [0.3, 0.4) is 0 Å². The third-order valence-corrected chi connectivity index (χ3v) is 5.65. The first kappa shape index (κ1) is 15.1. The lowest BCUT2D eigenvalue weighted by atomic mass is 10.2. The predicted molar refractivity (Wildman–Crippen MR) is 87.1 cm³/mol. The van der Waals surface area contributed by atoms with E-state index in [1.807, 2.05) is 24.3 Å². The van der Waals surface area contributed by atoms with Gasteiger partial charge in [-0.2, -0.15) is 4.31 Å². The minimum absolute atomic E-state index is 0.00612. The molecule has 1 aliphatic heterocycles. The molecule has 2 aromatic rings. The van der Waals surface area contributed by atoms with E-state index in [0.717, 1.165) is 10.0 Å². The van der Waals surface area contributed by atoms with Gasteiger partial charge in [-0.3, -0.25) is 0 Å². The standard InChI is InChI=1S/C16H12BrNO3S/c1-2-9-18-11-12-5-3-4-6-14(12)21-15-10-13(17)7-8-16(15)22(18,19)20/h1,3-8,10H,9,11H2. The van der Waals surface area contributed by atoms with E-state index in [1.54, 1.807) is 12.1 Å². The maximum atomic E-state index is 12.8. The highest BCUT2D eigenvalue weighted by Gasteiger charge is 2.30. The molecule has 4 nitrogen and oxygen atoms in total. The van der Waals surface area contributed by atoms with Gasteiger partial charge in [-0.15, -0.1) is 6.42 Å². The van der Waals surface area contributed by atoms with Gasteiger partial charge in [0.1, 0.15) is 16.4 Å². The quantitative estimate of drug-likeness (QED) is 0.715. The summed E-state index contributed by atoms with van der Waals surface area (Å²) in [6.07, 6.45) is 5.34. The van der Waals surface area contributed by atoms with E-state index in [9.17, 15) is 8.42 Å². The molecule has 0 aromatic heterocycles. The van der Waals surface area contributed by atoms with Crippen molar-refractivity contribution < 1.29 is 13.2 Å². The molecule has 1 heterocycles. The molecule has 0 radical (unpaired) electrons. The number of halogens is 1. The second-order valence-corrected chi connectivity index (χ2v) is 7.60. The third kappa shape index (κ3) is 2.63. The van der Waals surface area contributed by atoms with Crippen LogP contribution in [0, 0.1) is 12.3 Å². The number of nitrogens with zero attached hydrogens (tertiary/aromatic N) is 1. The first-order chi connectivity index (χ1) is 10.5. The third-order valence-electron chi connectivity index (χ3n) is 3.33. The normalized spacial score (nSPS) is 16.4. The highest BCUT2D eigenvalue weighted by molar-refractivity contribution is 9.10. The van der Waals surface area contributed by atoms with Crippen LogP contribution < -0.4 is 4.74 Å². The van der Waals surface area contributed by atoms with Crippen molar-refractivity contribution >= 4 is 26.0 Å². The van der Waals surface area contributed by atoms with Crippen LogP contribution in [0.1, 0.15) is 5.56 Å². The van der Waals surface area contributed by atoms with Crippen LogP contribution in [0.2, 0.25) is 0 Å². The largest absolute Gasteiger partial charge is 0.456 e. The Hall–Kier alpha value is -1.81. The molecule has 0 bridgehead atoms. The Balaban J connectivity index is 2.25. The Kier molecular flexibility index (Phi) is 3.96. The van der Waals surface area contributed by atoms with Crippen molar-refractivity contribution in [2.75, 3.05) is 6.54 Å². The van der Waals surface area contributed by atoms with Gasteiger partial charge in [-0.05, 0) is 24.3 Å². The molecule has 0 N–H and O–H groups in total. The van der Waals surface area contributed by atoms with Crippen molar-refractivity contribution in [3.05, 3.63) is 52.5 Å². The SMILES string of the molecule is C#CCN1Cc2ccccc2Oc2cc(Br)ccc2S1(=O)=O. The zero-order valence-electron chi connectivity index (χ0n) is 11.5. The van der Waals surface area contributed by atoms with E-state index in [1.165, 1.54) is 10.4 Å². The Labute approximate surface area is 137 Å². The molecule has 0 amide bonds. The fourth-order valence-electron chi connectivity index (χ4n) is 2.28. The highest BCUT2D eigenvalue weighted by Crippen LogP contribution is 2.37. The number of rotatable bonds is 1. The van der Waals surface area contributed by atoms with Gasteiger partial charge in [-0.25, -0.2) is 8.42 Å². The molecule has 0 aliphatic carbocycles. The van der Waals surface area contributed by atoms with Crippen LogP contribution in [0.25, 0.3) is 0 Å². The van der Waals surface area contributed by atoms with Gasteiger partial charge in [0.15, 0.2) is 0 Å². The monoisotopic (exact) mass is 377 g/mol. The summed E-state index contributed by atoms with van der Waals surface area (Å²) in [6.45, 7) is 0.185. The van der Waals surface area contributed by atoms with Crippen molar-refractivity contribution in [1.29, 1.82) is 0 Å². The molecule has 0 spiro atoms. The number of fused-ring (bicyclic) bond motifs is 2. The molecular formula is C16H12BrNO3S. The van der Waals surface area contributed by atoms with Crippen molar-refractivity contribution in [2.24, 2.45) is 0 Å². The fraction of sp³-hybridized carbons (Fsp3) is 0.125. The minimum atomic E-state index is -3.72. The van der Waals surface area contributed by atoms with E-state index in [4.69, 9.17) is 11.2 Å². The van der Waals surface area contributed by atoms with Gasteiger partial charge in [0.05, 0.1) is 6.54 Å². The lowest BCUT2D eigenvalue weighted by Crippen LogP contribution is -2.32. The summed E-state index contributed by atoms with van der Waals surface area (Å²) < 4.78 is 33.5. The number of terminal acetylenes is 1. The van der Waals surface area contributed by atoms with E-state index in [-0.39, 0.29) is 23.7 Å². The van der Waals surface area contributed by atoms with Crippen molar-refractivity contribution in [2.45, 2.75) is 11.4 Å². The summed E-state index contributed by atoms with van der Waals surface area (Å²) in [5.41, 5.74) is 0.770. The zero-order chi connectivity index (χ0) is 15.7. The molecule has 0 saturated heterocycles. The lowest BCUT2D eigenvalue weighted by molar-refractivity contribution is 0.401. The van der Waals surface area contributed by atoms with Crippen molar-refractivity contribution in [3.8, 4) is 23.8 Å². The second kappa shape index (κ2) is 5.76. The van der Waals surface area contributed by atoms with Crippen molar-refractivity contribution in [3.63, 3.8) is 0 Å². The molecule has 3 rings (SSSR count). The number of hydrogen-bond acceptors (Lipinski definition) is 3. The Bertz CT molecular complexity index is 871. The average molecular weight is 378 g/mol. The Morgan fingerprint density at radius 3 is 2.77 bits per heavy atom. The molecule has 1 aliphatic rings. The number of sulfonamides is 1. The van der Waals surface area contributed by atoms with E-state index in [0.29, 0.717) is 5.75 Å². The predicted octanol–water partition coefficient (Wildman–Crippen LogP) is 3.38. The maximum Gasteiger partial charge on any atom is 0.247 e. The summed E-state index contributed by atoms with van der Waals surface area (Å²) in [5, 5.41) is 0. The van der Waals surface area contributed by atoms with Gasteiger partial charge in [0.25, 0.3) is 0 Å². The molecule has 0 fully saturated rings. The summed E-state index contributed by atoms with van der Waals surface area (Å²) in [5.74, 6) is 3.32. The molecule has 112 valence electrons. The van der Waals surface area contributed by atoms with E-state index >= 15 is 0 Å².